The van der Waals surface area contributed by atoms with Gasteiger partial charge in [0, 0.05) is 18.5 Å². The van der Waals surface area contributed by atoms with E-state index >= 15 is 0 Å². The van der Waals surface area contributed by atoms with Crippen LogP contribution in [0.2, 0.25) is 0 Å². The zero-order valence-electron chi connectivity index (χ0n) is 19.4. The number of nitrogens with one attached hydrogen (secondary N) is 1. The molecule has 5 aliphatic rings. The van der Waals surface area contributed by atoms with Crippen LogP contribution in [0.4, 0.5) is 10.2 Å². The molecule has 0 radical (unpaired) electrons. The normalized spacial score (nSPS) is 28.9. The van der Waals surface area contributed by atoms with E-state index in [9.17, 15) is 14.0 Å². The van der Waals surface area contributed by atoms with Crippen molar-refractivity contribution in [2.45, 2.75) is 58.4 Å². The Morgan fingerprint density at radius 3 is 2.88 bits per heavy atom. The predicted molar refractivity (Wildman–Crippen MR) is 125 cm³/mol. The summed E-state index contributed by atoms with van der Waals surface area (Å²) in [6.45, 7) is 3.04. The molecule has 0 spiro atoms. The van der Waals surface area contributed by atoms with Gasteiger partial charge in [0.15, 0.2) is 0 Å². The van der Waals surface area contributed by atoms with Crippen molar-refractivity contribution in [1.82, 2.24) is 14.9 Å². The fourth-order valence-electron chi connectivity index (χ4n) is 7.42. The van der Waals surface area contributed by atoms with Crippen molar-refractivity contribution in [2.75, 3.05) is 11.9 Å². The van der Waals surface area contributed by atoms with Crippen molar-refractivity contribution >= 4 is 17.6 Å². The first-order valence-electron chi connectivity index (χ1n) is 12.2. The van der Waals surface area contributed by atoms with Gasteiger partial charge in [-0.25, -0.2) is 14.4 Å². The van der Waals surface area contributed by atoms with Crippen molar-refractivity contribution in [2.24, 2.45) is 16.7 Å². The zero-order chi connectivity index (χ0) is 23.5. The van der Waals surface area contributed by atoms with E-state index in [4.69, 9.17) is 0 Å². The van der Waals surface area contributed by atoms with Crippen molar-refractivity contribution < 1.29 is 14.0 Å². The molecule has 7 rings (SSSR count). The average Bonchev–Trinajstić information content (AvgIpc) is 2.76. The number of rotatable bonds is 4. The third-order valence-electron chi connectivity index (χ3n) is 8.15. The molecule has 1 N–H and O–H groups in total. The minimum atomic E-state index is -0.525. The highest BCUT2D eigenvalue weighted by Gasteiger charge is 2.52. The van der Waals surface area contributed by atoms with E-state index in [2.05, 4.69) is 28.3 Å². The van der Waals surface area contributed by atoms with Crippen LogP contribution < -0.4 is 5.32 Å². The molecular weight excluding hydrogens is 431 g/mol. The van der Waals surface area contributed by atoms with Crippen LogP contribution in [0.25, 0.3) is 0 Å². The second-order valence-electron chi connectivity index (χ2n) is 11.1. The fourth-order valence-corrected chi connectivity index (χ4v) is 7.42. The number of halogens is 1. The zero-order valence-corrected chi connectivity index (χ0v) is 19.4. The van der Waals surface area contributed by atoms with Gasteiger partial charge in [-0.1, -0.05) is 30.7 Å². The van der Waals surface area contributed by atoms with Gasteiger partial charge in [-0.2, -0.15) is 0 Å². The molecule has 0 saturated heterocycles. The SMILES string of the molecule is CC12C=C3CC(C1)CC(CC(=O)Nc1ncnc4c1CCN(C(=O)c1ccccc1F)C4)(C3)C2. The van der Waals surface area contributed by atoms with E-state index < -0.39 is 5.82 Å². The molecule has 1 aromatic heterocycles. The number of aromatic nitrogens is 2. The van der Waals surface area contributed by atoms with Crippen LogP contribution in [0.15, 0.2) is 42.2 Å². The highest BCUT2D eigenvalue weighted by Crippen LogP contribution is 2.63. The molecule has 1 aromatic carbocycles. The molecule has 1 aliphatic heterocycles. The lowest BCUT2D eigenvalue weighted by Gasteiger charge is -2.57. The lowest BCUT2D eigenvalue weighted by Crippen LogP contribution is -2.47. The Morgan fingerprint density at radius 1 is 1.24 bits per heavy atom. The molecule has 2 saturated carbocycles. The minimum Gasteiger partial charge on any atom is -0.332 e. The van der Waals surface area contributed by atoms with Gasteiger partial charge in [-0.3, -0.25) is 9.59 Å². The lowest BCUT2D eigenvalue weighted by atomic mass is 9.48. The molecule has 7 heteroatoms. The summed E-state index contributed by atoms with van der Waals surface area (Å²) in [5, 5.41) is 3.07. The largest absolute Gasteiger partial charge is 0.332 e. The van der Waals surface area contributed by atoms with Crippen molar-refractivity contribution in [3.8, 4) is 0 Å². The van der Waals surface area contributed by atoms with E-state index in [1.54, 1.807) is 22.6 Å². The summed E-state index contributed by atoms with van der Waals surface area (Å²) in [7, 11) is 0. The Kier molecular flexibility index (Phi) is 4.87. The van der Waals surface area contributed by atoms with Gasteiger partial charge in [-0.15, -0.1) is 0 Å². The van der Waals surface area contributed by atoms with E-state index in [0.717, 1.165) is 24.8 Å². The summed E-state index contributed by atoms with van der Waals surface area (Å²) in [4.78, 5) is 36.4. The Bertz CT molecular complexity index is 1230. The summed E-state index contributed by atoms with van der Waals surface area (Å²) in [6, 6.07) is 6.02. The molecule has 3 unspecified atom stereocenters. The summed E-state index contributed by atoms with van der Waals surface area (Å²) in [5.41, 5.74) is 3.50. The molecule has 2 aromatic rings. The Labute approximate surface area is 198 Å². The molecule has 2 fully saturated rings. The van der Waals surface area contributed by atoms with E-state index in [1.807, 2.05) is 0 Å². The molecule has 4 aliphatic carbocycles. The average molecular weight is 461 g/mol. The smallest absolute Gasteiger partial charge is 0.257 e. The molecule has 3 atom stereocenters. The first-order chi connectivity index (χ1) is 16.3. The topological polar surface area (TPSA) is 75.2 Å². The van der Waals surface area contributed by atoms with Crippen molar-refractivity contribution in [3.63, 3.8) is 0 Å². The van der Waals surface area contributed by atoms with Crippen molar-refractivity contribution in [1.29, 1.82) is 0 Å². The van der Waals surface area contributed by atoms with Crippen LogP contribution in [0.3, 0.4) is 0 Å². The number of benzene rings is 1. The summed E-state index contributed by atoms with van der Waals surface area (Å²) in [5.74, 6) is 0.394. The van der Waals surface area contributed by atoms with E-state index in [1.165, 1.54) is 31.3 Å². The summed E-state index contributed by atoms with van der Waals surface area (Å²) < 4.78 is 14.1. The molecule has 6 nitrogen and oxygen atoms in total. The highest BCUT2D eigenvalue weighted by atomic mass is 19.1. The maximum atomic E-state index is 14.1. The van der Waals surface area contributed by atoms with Crippen LogP contribution in [-0.4, -0.2) is 33.2 Å². The number of hydrogen-bond acceptors (Lipinski definition) is 4. The fraction of sp³-hybridized carbons (Fsp3) is 0.481. The van der Waals surface area contributed by atoms with Crippen molar-refractivity contribution in [3.05, 3.63) is 64.9 Å². The number of hydrogen-bond donors (Lipinski definition) is 1. The monoisotopic (exact) mass is 460 g/mol. The number of allylic oxidation sites excluding steroid dienone is 2. The first-order valence-corrected chi connectivity index (χ1v) is 12.2. The maximum Gasteiger partial charge on any atom is 0.257 e. The molecule has 4 bridgehead atoms. The second-order valence-corrected chi connectivity index (χ2v) is 11.1. The van der Waals surface area contributed by atoms with Gasteiger partial charge in [0.1, 0.15) is 18.0 Å². The third kappa shape index (κ3) is 3.71. The van der Waals surface area contributed by atoms with E-state index in [0.29, 0.717) is 36.8 Å². The van der Waals surface area contributed by atoms with Crippen LogP contribution in [0.5, 0.6) is 0 Å². The highest BCUT2D eigenvalue weighted by molar-refractivity contribution is 5.95. The van der Waals surface area contributed by atoms with Crippen LogP contribution >= 0.6 is 0 Å². The molecule has 176 valence electrons. The second kappa shape index (κ2) is 7.72. The molecule has 34 heavy (non-hydrogen) atoms. The van der Waals surface area contributed by atoms with Gasteiger partial charge in [0.2, 0.25) is 5.91 Å². The number of nitrogens with zero attached hydrogens (tertiary/aromatic N) is 3. The van der Waals surface area contributed by atoms with Gasteiger partial charge in [-0.05, 0) is 67.4 Å². The minimum absolute atomic E-state index is 0.0110. The number of amides is 2. The Hall–Kier alpha value is -3.09. The number of carbonyl (C=O) groups is 2. The third-order valence-corrected chi connectivity index (χ3v) is 8.15. The lowest BCUT2D eigenvalue weighted by molar-refractivity contribution is -0.121. The van der Waals surface area contributed by atoms with Gasteiger partial charge in [0.25, 0.3) is 5.91 Å². The molecule has 2 amide bonds. The number of carbonyl (C=O) groups excluding carboxylic acids is 2. The Balaban J connectivity index is 1.16. The standard InChI is InChI=1S/C27H29FN4O2/c1-26-9-17-8-18(10-26)12-27(11-17,15-26)13-23(33)31-24-20-6-7-32(14-22(20)29-16-30-24)25(34)19-4-2-3-5-21(19)28/h2-5,9,16,18H,6-8,10-15H2,1H3,(H,29,30,31,33). The van der Waals surface area contributed by atoms with E-state index in [-0.39, 0.29) is 34.8 Å². The predicted octanol–water partition coefficient (Wildman–Crippen LogP) is 4.67. The summed E-state index contributed by atoms with van der Waals surface area (Å²) >= 11 is 0. The summed E-state index contributed by atoms with van der Waals surface area (Å²) in [6.07, 6.45) is 10.7. The van der Waals surface area contributed by atoms with Gasteiger partial charge < -0.3 is 10.2 Å². The van der Waals surface area contributed by atoms with Crippen LogP contribution in [-0.2, 0) is 17.8 Å². The number of anilines is 1. The Morgan fingerprint density at radius 2 is 2.09 bits per heavy atom. The molecular formula is C27H29FN4O2. The van der Waals surface area contributed by atoms with Gasteiger partial charge >= 0.3 is 0 Å². The van der Waals surface area contributed by atoms with Crippen LogP contribution in [0.1, 0.15) is 67.1 Å². The quantitative estimate of drug-likeness (QED) is 0.673. The number of fused-ring (bicyclic) bond motifs is 1. The maximum absolute atomic E-state index is 14.1. The first kappa shape index (κ1) is 21.4. The van der Waals surface area contributed by atoms with Gasteiger partial charge in [0.05, 0.1) is 17.8 Å². The molecule has 2 heterocycles. The van der Waals surface area contributed by atoms with Crippen LogP contribution in [0, 0.1) is 22.6 Å².